The van der Waals surface area contributed by atoms with E-state index in [0.717, 1.165) is 28.5 Å². The van der Waals surface area contributed by atoms with E-state index in [1.165, 1.54) is 0 Å². The number of rotatable bonds is 4. The highest BCUT2D eigenvalue weighted by Gasteiger charge is 2.24. The number of aryl methyl sites for hydroxylation is 3. The molecule has 2 atom stereocenters. The smallest absolute Gasteiger partial charge is 0.140 e. The highest BCUT2D eigenvalue weighted by molar-refractivity contribution is 7.85. The van der Waals surface area contributed by atoms with Gasteiger partial charge in [-0.05, 0) is 49.6 Å². The topological polar surface area (TPSA) is 47.0 Å². The average molecular weight is 287 g/mol. The van der Waals surface area contributed by atoms with Crippen LogP contribution in [-0.4, -0.2) is 15.5 Å². The van der Waals surface area contributed by atoms with Crippen molar-refractivity contribution < 1.29 is 9.00 Å². The lowest BCUT2D eigenvalue weighted by molar-refractivity contribution is -0.107. The van der Waals surface area contributed by atoms with Crippen molar-refractivity contribution in [3.63, 3.8) is 0 Å². The molecule has 0 spiro atoms. The minimum absolute atomic E-state index is 0.434. The maximum atomic E-state index is 12.6. The monoisotopic (exact) mass is 287 g/mol. The molecule has 2 unspecified atom stereocenters. The van der Waals surface area contributed by atoms with Crippen LogP contribution < -0.4 is 0 Å². The summed E-state index contributed by atoms with van der Waals surface area (Å²) in [5.74, 6) is 0. The first kappa shape index (κ1) is 14.6. The molecule has 2 aromatic rings. The van der Waals surface area contributed by atoms with Gasteiger partial charge >= 0.3 is 0 Å². The Bertz CT molecular complexity index is 630. The zero-order chi connectivity index (χ0) is 14.7. The molecule has 1 heterocycles. The van der Waals surface area contributed by atoms with Crippen molar-refractivity contribution in [1.29, 1.82) is 0 Å². The Hall–Kier alpha value is -1.81. The lowest BCUT2D eigenvalue weighted by atomic mass is 9.97. The molecule has 0 saturated heterocycles. The van der Waals surface area contributed by atoms with Gasteiger partial charge in [0, 0.05) is 6.20 Å². The Kier molecular flexibility index (Phi) is 4.45. The third-order valence-electron chi connectivity index (χ3n) is 3.22. The second kappa shape index (κ2) is 6.09. The van der Waals surface area contributed by atoms with Gasteiger partial charge in [-0.15, -0.1) is 0 Å². The van der Waals surface area contributed by atoms with E-state index >= 15 is 0 Å². The molecule has 0 radical (unpaired) electrons. The molecule has 4 heteroatoms. The van der Waals surface area contributed by atoms with Crippen molar-refractivity contribution in [3.8, 4) is 0 Å². The van der Waals surface area contributed by atoms with Gasteiger partial charge < -0.3 is 4.79 Å². The molecular weight excluding hydrogens is 270 g/mol. The highest BCUT2D eigenvalue weighted by atomic mass is 32.2. The summed E-state index contributed by atoms with van der Waals surface area (Å²) >= 11 is 0. The van der Waals surface area contributed by atoms with Crippen LogP contribution in [0.2, 0.25) is 0 Å². The summed E-state index contributed by atoms with van der Waals surface area (Å²) in [6, 6.07) is 9.24. The molecule has 3 nitrogen and oxygen atoms in total. The summed E-state index contributed by atoms with van der Waals surface area (Å²) in [4.78, 5) is 15.6. The lowest BCUT2D eigenvalue weighted by Gasteiger charge is -2.16. The van der Waals surface area contributed by atoms with Gasteiger partial charge in [-0.25, -0.2) is 4.98 Å². The second-order valence-electron chi connectivity index (χ2n) is 4.83. The number of pyridine rings is 1. The molecule has 20 heavy (non-hydrogen) atoms. The standard InChI is InChI=1S/C16H17NO2S/c1-11-8-12(2)16(13(3)9-11)14(10-18)20(19)15-6-4-5-7-17-15/h4-10,14H,1-3H3. The first-order valence-electron chi connectivity index (χ1n) is 6.39. The number of hydrogen-bond acceptors (Lipinski definition) is 3. The third-order valence-corrected chi connectivity index (χ3v) is 4.68. The number of nitrogens with zero attached hydrogens (tertiary/aromatic N) is 1. The Morgan fingerprint density at radius 2 is 1.80 bits per heavy atom. The van der Waals surface area contributed by atoms with Crippen LogP contribution in [0.1, 0.15) is 27.5 Å². The first-order valence-corrected chi connectivity index (χ1v) is 7.60. The predicted molar refractivity (Wildman–Crippen MR) is 80.1 cm³/mol. The van der Waals surface area contributed by atoms with Crippen molar-refractivity contribution in [2.45, 2.75) is 31.0 Å². The van der Waals surface area contributed by atoms with Crippen LogP contribution >= 0.6 is 0 Å². The van der Waals surface area contributed by atoms with E-state index in [4.69, 9.17) is 0 Å². The van der Waals surface area contributed by atoms with E-state index in [1.807, 2.05) is 32.9 Å². The van der Waals surface area contributed by atoms with Gasteiger partial charge in [0.1, 0.15) is 16.6 Å². The summed E-state index contributed by atoms with van der Waals surface area (Å²) in [5.41, 5.74) is 3.96. The molecule has 0 N–H and O–H groups in total. The summed E-state index contributed by atoms with van der Waals surface area (Å²) in [5, 5.41) is -0.241. The minimum atomic E-state index is -1.48. The fourth-order valence-corrected chi connectivity index (χ4v) is 3.79. The maximum absolute atomic E-state index is 12.6. The quantitative estimate of drug-likeness (QED) is 0.812. The summed E-state index contributed by atoms with van der Waals surface area (Å²) < 4.78 is 12.6. The van der Waals surface area contributed by atoms with Gasteiger partial charge in [0.15, 0.2) is 0 Å². The molecule has 0 aliphatic carbocycles. The number of benzene rings is 1. The van der Waals surface area contributed by atoms with Crippen LogP contribution in [0.3, 0.4) is 0 Å². The molecule has 0 saturated carbocycles. The molecule has 1 aromatic heterocycles. The predicted octanol–water partition coefficient (Wildman–Crippen LogP) is 3.05. The van der Waals surface area contributed by atoms with Crippen molar-refractivity contribution >= 4 is 17.1 Å². The molecule has 0 fully saturated rings. The van der Waals surface area contributed by atoms with Crippen LogP contribution in [0.25, 0.3) is 0 Å². The second-order valence-corrected chi connectivity index (χ2v) is 6.36. The minimum Gasteiger partial charge on any atom is -0.302 e. The summed E-state index contributed by atoms with van der Waals surface area (Å²) in [6.07, 6.45) is 2.35. The molecule has 0 bridgehead atoms. The van der Waals surface area contributed by atoms with Gasteiger partial charge in [-0.2, -0.15) is 0 Å². The molecular formula is C16H17NO2S. The van der Waals surface area contributed by atoms with Crippen LogP contribution in [0.15, 0.2) is 41.6 Å². The number of hydrogen-bond donors (Lipinski definition) is 0. The summed E-state index contributed by atoms with van der Waals surface area (Å²) in [7, 11) is -1.48. The SMILES string of the molecule is Cc1cc(C)c(C(C=O)S(=O)c2ccccn2)c(C)c1. The largest absolute Gasteiger partial charge is 0.302 e. The normalized spacial score (nSPS) is 13.8. The summed E-state index contributed by atoms with van der Waals surface area (Å²) in [6.45, 7) is 5.90. The molecule has 0 aliphatic rings. The van der Waals surface area contributed by atoms with Gasteiger partial charge in [-0.3, -0.25) is 4.21 Å². The third kappa shape index (κ3) is 2.85. The zero-order valence-electron chi connectivity index (χ0n) is 11.8. The number of aldehydes is 1. The van der Waals surface area contributed by atoms with E-state index in [9.17, 15) is 9.00 Å². The lowest BCUT2D eigenvalue weighted by Crippen LogP contribution is -2.13. The van der Waals surface area contributed by atoms with Crippen LogP contribution in [0, 0.1) is 20.8 Å². The van der Waals surface area contributed by atoms with E-state index in [1.54, 1.807) is 24.4 Å². The number of carbonyl (C=O) groups is 1. The van der Waals surface area contributed by atoms with Gasteiger partial charge in [-0.1, -0.05) is 23.8 Å². The molecule has 0 aliphatic heterocycles. The first-order chi connectivity index (χ1) is 9.54. The Morgan fingerprint density at radius 1 is 1.15 bits per heavy atom. The van der Waals surface area contributed by atoms with E-state index in [0.29, 0.717) is 5.03 Å². The molecule has 104 valence electrons. The van der Waals surface area contributed by atoms with Crippen molar-refractivity contribution in [2.75, 3.05) is 0 Å². The van der Waals surface area contributed by atoms with Gasteiger partial charge in [0.25, 0.3) is 0 Å². The van der Waals surface area contributed by atoms with Gasteiger partial charge in [0.2, 0.25) is 0 Å². The Labute approximate surface area is 121 Å². The molecule has 0 amide bonds. The average Bonchev–Trinajstić information content (AvgIpc) is 2.43. The van der Waals surface area contributed by atoms with Crippen molar-refractivity contribution in [3.05, 3.63) is 58.8 Å². The van der Waals surface area contributed by atoms with E-state index < -0.39 is 16.0 Å². The zero-order valence-corrected chi connectivity index (χ0v) is 12.6. The van der Waals surface area contributed by atoms with E-state index in [-0.39, 0.29) is 0 Å². The maximum Gasteiger partial charge on any atom is 0.140 e. The fourth-order valence-electron chi connectivity index (χ4n) is 2.46. The van der Waals surface area contributed by atoms with Gasteiger partial charge in [0.05, 0.1) is 10.8 Å². The Morgan fingerprint density at radius 3 is 2.30 bits per heavy atom. The van der Waals surface area contributed by atoms with Crippen LogP contribution in [0.4, 0.5) is 0 Å². The molecule has 2 rings (SSSR count). The Balaban J connectivity index is 2.49. The number of carbonyl (C=O) groups excluding carboxylic acids is 1. The fraction of sp³-hybridized carbons (Fsp3) is 0.250. The van der Waals surface area contributed by atoms with Crippen LogP contribution in [-0.2, 0) is 15.6 Å². The molecule has 1 aromatic carbocycles. The highest BCUT2D eigenvalue weighted by Crippen LogP contribution is 2.29. The van der Waals surface area contributed by atoms with Crippen molar-refractivity contribution in [1.82, 2.24) is 4.98 Å². The van der Waals surface area contributed by atoms with E-state index in [2.05, 4.69) is 4.98 Å². The number of aromatic nitrogens is 1. The van der Waals surface area contributed by atoms with Crippen LogP contribution in [0.5, 0.6) is 0 Å². The van der Waals surface area contributed by atoms with Crippen molar-refractivity contribution in [2.24, 2.45) is 0 Å².